The van der Waals surface area contributed by atoms with Crippen LogP contribution < -0.4 is 5.32 Å². The van der Waals surface area contributed by atoms with E-state index in [0.29, 0.717) is 11.7 Å². The normalized spacial score (nSPS) is 10.8. The minimum Gasteiger partial charge on any atom is -0.373 e. The fraction of sp³-hybridized carbons (Fsp3) is 0.308. The van der Waals surface area contributed by atoms with Crippen molar-refractivity contribution < 1.29 is 0 Å². The Morgan fingerprint density at radius 2 is 1.89 bits per heavy atom. The molecule has 0 bridgehead atoms. The molecule has 1 N–H and O–H groups in total. The van der Waals surface area contributed by atoms with Crippen LogP contribution in [0.4, 0.5) is 5.82 Å². The lowest BCUT2D eigenvalue weighted by Crippen LogP contribution is -2.03. The van der Waals surface area contributed by atoms with Crippen molar-refractivity contribution in [1.82, 2.24) is 15.0 Å². The highest BCUT2D eigenvalue weighted by atomic mass is 79.9. The van der Waals surface area contributed by atoms with E-state index >= 15 is 0 Å². The van der Waals surface area contributed by atoms with Gasteiger partial charge in [-0.1, -0.05) is 13.8 Å². The standard InChI is InChI=1S/C13H14Br2N4/c1-7(2)10-5-11(16-3)19-13(18-10)12-9(15)4-8(14)6-17-12/h4-7H,1-3H3,(H,16,18,19). The van der Waals surface area contributed by atoms with Crippen molar-refractivity contribution in [3.05, 3.63) is 33.0 Å². The molecule has 0 spiro atoms. The molecule has 4 nitrogen and oxygen atoms in total. The van der Waals surface area contributed by atoms with Crippen LogP contribution in [0.3, 0.4) is 0 Å². The molecule has 0 aliphatic rings. The molecule has 100 valence electrons. The molecule has 0 atom stereocenters. The van der Waals surface area contributed by atoms with Gasteiger partial charge in [0.05, 0.1) is 0 Å². The van der Waals surface area contributed by atoms with E-state index in [0.717, 1.165) is 26.2 Å². The zero-order valence-corrected chi connectivity index (χ0v) is 14.1. The van der Waals surface area contributed by atoms with E-state index in [9.17, 15) is 0 Å². The number of nitrogens with one attached hydrogen (secondary N) is 1. The number of aromatic nitrogens is 3. The summed E-state index contributed by atoms with van der Waals surface area (Å²) in [4.78, 5) is 13.4. The molecule has 6 heteroatoms. The second-order valence-electron chi connectivity index (χ2n) is 4.39. The number of rotatable bonds is 3. The lowest BCUT2D eigenvalue weighted by atomic mass is 10.1. The van der Waals surface area contributed by atoms with Crippen molar-refractivity contribution in [1.29, 1.82) is 0 Å². The van der Waals surface area contributed by atoms with Crippen molar-refractivity contribution in [2.45, 2.75) is 19.8 Å². The summed E-state index contributed by atoms with van der Waals surface area (Å²) in [5, 5.41) is 3.06. The molecule has 0 unspecified atom stereocenters. The van der Waals surface area contributed by atoms with E-state index in [1.165, 1.54) is 0 Å². The van der Waals surface area contributed by atoms with Crippen LogP contribution in [0, 0.1) is 0 Å². The smallest absolute Gasteiger partial charge is 0.181 e. The molecule has 0 saturated carbocycles. The Bertz CT molecular complexity index is 599. The highest BCUT2D eigenvalue weighted by Crippen LogP contribution is 2.28. The van der Waals surface area contributed by atoms with Gasteiger partial charge >= 0.3 is 0 Å². The van der Waals surface area contributed by atoms with Gasteiger partial charge in [-0.25, -0.2) is 9.97 Å². The maximum Gasteiger partial charge on any atom is 0.181 e. The molecule has 2 heterocycles. The quantitative estimate of drug-likeness (QED) is 0.858. The minimum absolute atomic E-state index is 0.336. The lowest BCUT2D eigenvalue weighted by molar-refractivity contribution is 0.816. The van der Waals surface area contributed by atoms with Gasteiger partial charge in [-0.3, -0.25) is 4.98 Å². The van der Waals surface area contributed by atoms with E-state index in [2.05, 4.69) is 66.0 Å². The number of hydrogen-bond donors (Lipinski definition) is 1. The summed E-state index contributed by atoms with van der Waals surface area (Å²) in [7, 11) is 1.85. The van der Waals surface area contributed by atoms with Crippen molar-refractivity contribution in [2.24, 2.45) is 0 Å². The maximum absolute atomic E-state index is 4.58. The SMILES string of the molecule is CNc1cc(C(C)C)nc(-c2ncc(Br)cc2Br)n1. The third-order valence-electron chi connectivity index (χ3n) is 2.61. The van der Waals surface area contributed by atoms with Gasteiger partial charge in [0, 0.05) is 34.0 Å². The van der Waals surface area contributed by atoms with Crippen LogP contribution in [0.2, 0.25) is 0 Å². The van der Waals surface area contributed by atoms with Gasteiger partial charge in [0.2, 0.25) is 0 Å². The maximum atomic E-state index is 4.58. The van der Waals surface area contributed by atoms with Gasteiger partial charge in [-0.15, -0.1) is 0 Å². The second-order valence-corrected chi connectivity index (χ2v) is 6.16. The van der Waals surface area contributed by atoms with Crippen LogP contribution >= 0.6 is 31.9 Å². The Morgan fingerprint density at radius 1 is 1.16 bits per heavy atom. The molecule has 0 fully saturated rings. The number of nitrogens with zero attached hydrogens (tertiary/aromatic N) is 3. The molecule has 2 rings (SSSR count). The summed E-state index contributed by atoms with van der Waals surface area (Å²) in [6.45, 7) is 4.21. The largest absolute Gasteiger partial charge is 0.373 e. The molecule has 2 aromatic rings. The number of anilines is 1. The number of hydrogen-bond acceptors (Lipinski definition) is 4. The first-order chi connectivity index (χ1) is 9.01. The van der Waals surface area contributed by atoms with Gasteiger partial charge in [-0.05, 0) is 43.8 Å². The summed E-state index contributed by atoms with van der Waals surface area (Å²) in [6.07, 6.45) is 1.74. The van der Waals surface area contributed by atoms with Crippen LogP contribution in [0.15, 0.2) is 27.3 Å². The topological polar surface area (TPSA) is 50.7 Å². The van der Waals surface area contributed by atoms with E-state index in [1.807, 2.05) is 19.2 Å². The average molecular weight is 386 g/mol. The Labute approximate surface area is 129 Å². The Balaban J connectivity index is 2.57. The summed E-state index contributed by atoms with van der Waals surface area (Å²) in [5.74, 6) is 1.75. The summed E-state index contributed by atoms with van der Waals surface area (Å²) < 4.78 is 1.78. The molecule has 0 saturated heterocycles. The summed E-state index contributed by atoms with van der Waals surface area (Å²) in [5.41, 5.74) is 1.73. The second kappa shape index (κ2) is 5.96. The lowest BCUT2D eigenvalue weighted by Gasteiger charge is -2.10. The molecule has 0 aromatic carbocycles. The van der Waals surface area contributed by atoms with E-state index in [4.69, 9.17) is 0 Å². The first kappa shape index (κ1) is 14.4. The zero-order chi connectivity index (χ0) is 14.0. The number of pyridine rings is 1. The van der Waals surface area contributed by atoms with Gasteiger partial charge in [0.15, 0.2) is 5.82 Å². The van der Waals surface area contributed by atoms with Crippen LogP contribution in [0.25, 0.3) is 11.5 Å². The molecule has 2 aromatic heterocycles. The van der Waals surface area contributed by atoms with Crippen LogP contribution in [0.1, 0.15) is 25.5 Å². The molecular weight excluding hydrogens is 372 g/mol. The Kier molecular flexibility index (Phi) is 4.52. The average Bonchev–Trinajstić information content (AvgIpc) is 2.38. The molecule has 0 aliphatic carbocycles. The Morgan fingerprint density at radius 3 is 2.47 bits per heavy atom. The summed E-state index contributed by atoms with van der Waals surface area (Å²) >= 11 is 6.89. The number of halogens is 2. The van der Waals surface area contributed by atoms with Gasteiger partial charge in [-0.2, -0.15) is 0 Å². The van der Waals surface area contributed by atoms with Crippen molar-refractivity contribution in [3.8, 4) is 11.5 Å². The van der Waals surface area contributed by atoms with Gasteiger partial charge in [0.1, 0.15) is 11.5 Å². The van der Waals surface area contributed by atoms with Crippen molar-refractivity contribution in [3.63, 3.8) is 0 Å². The monoisotopic (exact) mass is 384 g/mol. The fourth-order valence-corrected chi connectivity index (χ4v) is 2.74. The van der Waals surface area contributed by atoms with E-state index in [1.54, 1.807) is 6.20 Å². The molecular formula is C13H14Br2N4. The Hall–Kier alpha value is -1.01. The molecule has 0 amide bonds. The molecule has 19 heavy (non-hydrogen) atoms. The predicted molar refractivity (Wildman–Crippen MR) is 84.3 cm³/mol. The predicted octanol–water partition coefficient (Wildman–Crippen LogP) is 4.23. The highest BCUT2D eigenvalue weighted by Gasteiger charge is 2.13. The van der Waals surface area contributed by atoms with Crippen LogP contribution in [0.5, 0.6) is 0 Å². The fourth-order valence-electron chi connectivity index (χ4n) is 1.57. The van der Waals surface area contributed by atoms with Crippen molar-refractivity contribution in [2.75, 3.05) is 12.4 Å². The first-order valence-corrected chi connectivity index (χ1v) is 7.48. The van der Waals surface area contributed by atoms with Crippen LogP contribution in [-0.4, -0.2) is 22.0 Å². The van der Waals surface area contributed by atoms with E-state index < -0.39 is 0 Å². The molecule has 0 radical (unpaired) electrons. The van der Waals surface area contributed by atoms with Gasteiger partial charge < -0.3 is 5.32 Å². The highest BCUT2D eigenvalue weighted by molar-refractivity contribution is 9.11. The van der Waals surface area contributed by atoms with E-state index in [-0.39, 0.29) is 0 Å². The summed E-state index contributed by atoms with van der Waals surface area (Å²) in [6, 6.07) is 3.90. The van der Waals surface area contributed by atoms with Crippen molar-refractivity contribution >= 4 is 37.7 Å². The van der Waals surface area contributed by atoms with Crippen LogP contribution in [-0.2, 0) is 0 Å². The van der Waals surface area contributed by atoms with Gasteiger partial charge in [0.25, 0.3) is 0 Å². The third-order valence-corrected chi connectivity index (χ3v) is 3.65. The first-order valence-electron chi connectivity index (χ1n) is 5.89. The minimum atomic E-state index is 0.336. The molecule has 0 aliphatic heterocycles. The zero-order valence-electron chi connectivity index (χ0n) is 10.9. The third kappa shape index (κ3) is 3.30.